The molecular weight excluding hydrogens is 256 g/mol. The molecule has 0 aromatic heterocycles. The summed E-state index contributed by atoms with van der Waals surface area (Å²) < 4.78 is 6.09. The fourth-order valence-electron chi connectivity index (χ4n) is 2.51. The molecule has 0 saturated carbocycles. The molecule has 1 aromatic rings. The average molecular weight is 269 g/mol. The summed E-state index contributed by atoms with van der Waals surface area (Å²) in [6.07, 6.45) is 2.60. The van der Waals surface area contributed by atoms with E-state index in [4.69, 9.17) is 16.3 Å². The summed E-state index contributed by atoms with van der Waals surface area (Å²) in [5.74, 6) is 2.96. The van der Waals surface area contributed by atoms with Gasteiger partial charge in [-0.05, 0) is 36.8 Å². The van der Waals surface area contributed by atoms with Gasteiger partial charge in [0.25, 0.3) is 0 Å². The molecule has 1 saturated heterocycles. The minimum atomic E-state index is -0.263. The van der Waals surface area contributed by atoms with Gasteiger partial charge in [0.1, 0.15) is 11.4 Å². The van der Waals surface area contributed by atoms with Crippen LogP contribution in [0.1, 0.15) is 29.6 Å². The lowest BCUT2D eigenvalue weighted by Crippen LogP contribution is -2.46. The van der Waals surface area contributed by atoms with E-state index in [1.165, 1.54) is 5.75 Å². The highest BCUT2D eigenvalue weighted by Crippen LogP contribution is 2.41. The van der Waals surface area contributed by atoms with Crippen LogP contribution >= 0.6 is 23.4 Å². The highest BCUT2D eigenvalue weighted by molar-refractivity contribution is 7.99. The second-order valence-corrected chi connectivity index (χ2v) is 6.22. The average Bonchev–Trinajstić information content (AvgIpc) is 2.31. The van der Waals surface area contributed by atoms with Gasteiger partial charge in [0.05, 0.1) is 12.0 Å². The minimum Gasteiger partial charge on any atom is -0.485 e. The van der Waals surface area contributed by atoms with E-state index in [1.807, 2.05) is 17.8 Å². The van der Waals surface area contributed by atoms with E-state index >= 15 is 0 Å². The molecule has 1 fully saturated rings. The first kappa shape index (κ1) is 11.4. The molecular formula is C13H13ClO2S. The van der Waals surface area contributed by atoms with Gasteiger partial charge >= 0.3 is 0 Å². The lowest BCUT2D eigenvalue weighted by Gasteiger charge is -2.40. The quantitative estimate of drug-likeness (QED) is 0.720. The molecule has 3 rings (SSSR count). The summed E-state index contributed by atoms with van der Waals surface area (Å²) in [5.41, 5.74) is 0.375. The summed E-state index contributed by atoms with van der Waals surface area (Å²) in [4.78, 5) is 12.2. The first-order valence-corrected chi connectivity index (χ1v) is 7.31. The maximum atomic E-state index is 12.2. The number of thioether (sulfide) groups is 1. The highest BCUT2D eigenvalue weighted by Gasteiger charge is 2.41. The van der Waals surface area contributed by atoms with Crippen LogP contribution in [-0.4, -0.2) is 22.9 Å². The monoisotopic (exact) mass is 268 g/mol. The van der Waals surface area contributed by atoms with Crippen molar-refractivity contribution < 1.29 is 9.53 Å². The number of ketones is 1. The van der Waals surface area contributed by atoms with E-state index in [-0.39, 0.29) is 11.4 Å². The van der Waals surface area contributed by atoms with E-state index in [0.29, 0.717) is 22.8 Å². The second-order valence-electron chi connectivity index (χ2n) is 4.68. The molecule has 2 heterocycles. The predicted octanol–water partition coefficient (Wildman–Crippen LogP) is 3.57. The van der Waals surface area contributed by atoms with E-state index in [2.05, 4.69) is 0 Å². The Morgan fingerprint density at radius 3 is 3.06 bits per heavy atom. The maximum absolute atomic E-state index is 12.2. The number of carbonyl (C=O) groups excluding carboxylic acids is 1. The fraction of sp³-hybridized carbons (Fsp3) is 0.462. The Hall–Kier alpha value is -0.670. The third kappa shape index (κ3) is 2.06. The molecule has 2 nitrogen and oxygen atoms in total. The predicted molar refractivity (Wildman–Crippen MR) is 70.3 cm³/mol. The van der Waals surface area contributed by atoms with Crippen molar-refractivity contribution in [2.24, 2.45) is 0 Å². The normalized spacial score (nSPS) is 27.7. The molecule has 0 radical (unpaired) electrons. The zero-order valence-electron chi connectivity index (χ0n) is 9.37. The van der Waals surface area contributed by atoms with Gasteiger partial charge in [0.2, 0.25) is 0 Å². The SMILES string of the molecule is O=C1CC2(CCCSC2)Oc2ccc(Cl)cc21. The van der Waals surface area contributed by atoms with Crippen LogP contribution in [0, 0.1) is 0 Å². The van der Waals surface area contributed by atoms with Crippen LogP contribution in [-0.2, 0) is 0 Å². The number of hydrogen-bond acceptors (Lipinski definition) is 3. The Balaban J connectivity index is 1.97. The Morgan fingerprint density at radius 1 is 1.41 bits per heavy atom. The topological polar surface area (TPSA) is 26.3 Å². The van der Waals surface area contributed by atoms with Gasteiger partial charge in [-0.3, -0.25) is 4.79 Å². The van der Waals surface area contributed by atoms with Crippen LogP contribution in [0.4, 0.5) is 0 Å². The van der Waals surface area contributed by atoms with Gasteiger partial charge in [-0.25, -0.2) is 0 Å². The smallest absolute Gasteiger partial charge is 0.170 e. The number of ether oxygens (including phenoxy) is 1. The molecule has 17 heavy (non-hydrogen) atoms. The zero-order valence-corrected chi connectivity index (χ0v) is 10.9. The first-order chi connectivity index (χ1) is 8.19. The molecule has 1 atom stereocenters. The summed E-state index contributed by atoms with van der Waals surface area (Å²) >= 11 is 7.78. The lowest BCUT2D eigenvalue weighted by atomic mass is 9.87. The summed E-state index contributed by atoms with van der Waals surface area (Å²) in [7, 11) is 0. The Bertz CT molecular complexity index is 466. The molecule has 1 aromatic carbocycles. The lowest BCUT2D eigenvalue weighted by molar-refractivity contribution is 0.0480. The Labute approximate surface area is 110 Å². The van der Waals surface area contributed by atoms with E-state index in [1.54, 1.807) is 12.1 Å². The molecule has 2 aliphatic heterocycles. The Morgan fingerprint density at radius 2 is 2.29 bits per heavy atom. The van der Waals surface area contributed by atoms with Crippen molar-refractivity contribution in [3.05, 3.63) is 28.8 Å². The molecule has 90 valence electrons. The number of fused-ring (bicyclic) bond motifs is 1. The van der Waals surface area contributed by atoms with Crippen LogP contribution in [0.15, 0.2) is 18.2 Å². The summed E-state index contributed by atoms with van der Waals surface area (Å²) in [6, 6.07) is 5.31. The van der Waals surface area contributed by atoms with Crippen molar-refractivity contribution in [3.8, 4) is 5.75 Å². The zero-order chi connectivity index (χ0) is 11.9. The minimum absolute atomic E-state index is 0.163. The third-order valence-corrected chi connectivity index (χ3v) is 4.88. The molecule has 0 amide bonds. The van der Waals surface area contributed by atoms with Crippen LogP contribution < -0.4 is 4.74 Å². The summed E-state index contributed by atoms with van der Waals surface area (Å²) in [6.45, 7) is 0. The van der Waals surface area contributed by atoms with Gasteiger partial charge in [-0.2, -0.15) is 11.8 Å². The van der Waals surface area contributed by atoms with Crippen LogP contribution in [0.2, 0.25) is 5.02 Å². The van der Waals surface area contributed by atoms with E-state index < -0.39 is 0 Å². The van der Waals surface area contributed by atoms with Crippen LogP contribution in [0.25, 0.3) is 0 Å². The van der Waals surface area contributed by atoms with Crippen LogP contribution in [0.5, 0.6) is 5.75 Å². The number of Topliss-reactive ketones (excluding diaryl/α,β-unsaturated/α-hetero) is 1. The number of carbonyl (C=O) groups is 1. The van der Waals surface area contributed by atoms with E-state index in [9.17, 15) is 4.79 Å². The van der Waals surface area contributed by atoms with Gasteiger partial charge in [-0.1, -0.05) is 11.6 Å². The number of halogens is 1. The van der Waals surface area contributed by atoms with E-state index in [0.717, 1.165) is 18.6 Å². The van der Waals surface area contributed by atoms with Gasteiger partial charge in [0.15, 0.2) is 5.78 Å². The number of benzene rings is 1. The molecule has 1 spiro atoms. The van der Waals surface area contributed by atoms with Crippen molar-refractivity contribution in [1.82, 2.24) is 0 Å². The number of rotatable bonds is 0. The van der Waals surface area contributed by atoms with Crippen molar-refractivity contribution in [2.45, 2.75) is 24.9 Å². The first-order valence-electron chi connectivity index (χ1n) is 5.78. The molecule has 1 unspecified atom stereocenters. The molecule has 0 bridgehead atoms. The fourth-order valence-corrected chi connectivity index (χ4v) is 3.86. The van der Waals surface area contributed by atoms with Gasteiger partial charge in [-0.15, -0.1) is 0 Å². The maximum Gasteiger partial charge on any atom is 0.170 e. The summed E-state index contributed by atoms with van der Waals surface area (Å²) in [5, 5.41) is 0.592. The van der Waals surface area contributed by atoms with Crippen molar-refractivity contribution in [1.29, 1.82) is 0 Å². The highest BCUT2D eigenvalue weighted by atomic mass is 35.5. The van der Waals surface area contributed by atoms with Crippen LogP contribution in [0.3, 0.4) is 0 Å². The molecule has 0 N–H and O–H groups in total. The molecule has 0 aliphatic carbocycles. The van der Waals surface area contributed by atoms with Crippen molar-refractivity contribution in [3.63, 3.8) is 0 Å². The molecule has 4 heteroatoms. The Kier molecular flexibility index (Phi) is 2.83. The number of hydrogen-bond donors (Lipinski definition) is 0. The third-order valence-electron chi connectivity index (χ3n) is 3.34. The van der Waals surface area contributed by atoms with Gasteiger partial charge in [0, 0.05) is 10.8 Å². The van der Waals surface area contributed by atoms with Crippen molar-refractivity contribution in [2.75, 3.05) is 11.5 Å². The van der Waals surface area contributed by atoms with Gasteiger partial charge < -0.3 is 4.74 Å². The molecule has 2 aliphatic rings. The standard InChI is InChI=1S/C13H13ClO2S/c14-9-2-3-12-10(6-9)11(15)7-13(16-12)4-1-5-17-8-13/h2-3,6H,1,4-5,7-8H2. The largest absolute Gasteiger partial charge is 0.485 e. The van der Waals surface area contributed by atoms with Crippen molar-refractivity contribution >= 4 is 29.1 Å². The second kappa shape index (κ2) is 4.21.